The highest BCUT2D eigenvalue weighted by molar-refractivity contribution is 6.25. The zero-order valence-corrected chi connectivity index (χ0v) is 25.4. The number of allylic oxidation sites excluding steroid dienone is 4. The second kappa shape index (κ2) is 9.49. The van der Waals surface area contributed by atoms with Crippen molar-refractivity contribution in [2.75, 3.05) is 0 Å². The first-order chi connectivity index (χ1) is 22.0. The maximum Gasteiger partial charge on any atom is 0.0991 e. The number of fused-ring (bicyclic) bond motifs is 9. The minimum atomic E-state index is -0.206. The third-order valence-corrected chi connectivity index (χ3v) is 10.0. The predicted molar refractivity (Wildman–Crippen MR) is 188 cm³/mol. The monoisotopic (exact) mass is 574 g/mol. The van der Waals surface area contributed by atoms with E-state index < -0.39 is 0 Å². The lowest BCUT2D eigenvalue weighted by Gasteiger charge is -2.22. The average molecular weight is 575 g/mol. The van der Waals surface area contributed by atoms with Gasteiger partial charge in [-0.3, -0.25) is 0 Å². The van der Waals surface area contributed by atoms with Gasteiger partial charge in [-0.15, -0.1) is 0 Å². The molecule has 212 valence electrons. The molecular formula is C43H30N2. The molecule has 2 nitrogen and oxygen atoms in total. The van der Waals surface area contributed by atoms with Gasteiger partial charge in [-0.1, -0.05) is 98.8 Å². The number of rotatable bonds is 2. The summed E-state index contributed by atoms with van der Waals surface area (Å²) in [6.07, 6.45) is 8.95. The molecule has 2 heteroatoms. The fourth-order valence-corrected chi connectivity index (χ4v) is 7.78. The minimum Gasteiger partial charge on any atom is -0.247 e. The quantitative estimate of drug-likeness (QED) is 0.152. The summed E-state index contributed by atoms with van der Waals surface area (Å²) in [7, 11) is 0. The lowest BCUT2D eigenvalue weighted by atomic mass is 9.80. The molecule has 1 heterocycles. The molecule has 6 aromatic carbocycles. The first-order valence-electron chi connectivity index (χ1n) is 15.8. The van der Waals surface area contributed by atoms with Crippen molar-refractivity contribution >= 4 is 48.8 Å². The third-order valence-electron chi connectivity index (χ3n) is 10.0. The largest absolute Gasteiger partial charge is 0.247 e. The van der Waals surface area contributed by atoms with E-state index in [0.29, 0.717) is 5.56 Å². The molecule has 7 aromatic rings. The zero-order chi connectivity index (χ0) is 30.3. The smallest absolute Gasteiger partial charge is 0.0991 e. The van der Waals surface area contributed by atoms with E-state index in [1.807, 2.05) is 6.07 Å². The number of hydrogen-bond acceptors (Lipinski definition) is 2. The van der Waals surface area contributed by atoms with Gasteiger partial charge in [-0.05, 0) is 110 Å². The molecule has 0 radical (unpaired) electrons. The number of hydrogen-bond donors (Lipinski definition) is 0. The summed E-state index contributed by atoms with van der Waals surface area (Å²) in [5, 5.41) is 18.2. The van der Waals surface area contributed by atoms with Crippen molar-refractivity contribution in [3.63, 3.8) is 0 Å². The van der Waals surface area contributed by atoms with E-state index in [1.54, 1.807) is 0 Å². The summed E-state index contributed by atoms with van der Waals surface area (Å²) < 4.78 is 0. The number of benzene rings is 6. The lowest BCUT2D eigenvalue weighted by molar-refractivity contribution is 0.660. The van der Waals surface area contributed by atoms with Crippen LogP contribution in [0.3, 0.4) is 0 Å². The number of aromatic nitrogens is 1. The van der Waals surface area contributed by atoms with E-state index >= 15 is 0 Å². The van der Waals surface area contributed by atoms with Crippen LogP contribution in [0, 0.1) is 11.3 Å². The van der Waals surface area contributed by atoms with Gasteiger partial charge in [-0.2, -0.15) is 5.26 Å². The van der Waals surface area contributed by atoms with E-state index in [1.165, 1.54) is 76.7 Å². The second-order valence-electron chi connectivity index (χ2n) is 13.0. The highest BCUT2D eigenvalue weighted by Crippen LogP contribution is 2.51. The Kier molecular flexibility index (Phi) is 5.47. The molecular weight excluding hydrogens is 544 g/mol. The summed E-state index contributed by atoms with van der Waals surface area (Å²) in [5.41, 5.74) is 11.2. The molecule has 0 spiro atoms. The van der Waals surface area contributed by atoms with Crippen LogP contribution in [0.5, 0.6) is 0 Å². The Balaban J connectivity index is 1.37. The van der Waals surface area contributed by atoms with Crippen molar-refractivity contribution in [1.29, 1.82) is 5.26 Å². The topological polar surface area (TPSA) is 36.7 Å². The van der Waals surface area contributed by atoms with Crippen molar-refractivity contribution in [3.05, 3.63) is 144 Å². The Morgan fingerprint density at radius 3 is 2.18 bits per heavy atom. The van der Waals surface area contributed by atoms with Crippen molar-refractivity contribution in [2.45, 2.75) is 32.1 Å². The molecule has 0 N–H and O–H groups in total. The van der Waals surface area contributed by atoms with E-state index in [4.69, 9.17) is 4.98 Å². The number of nitriles is 1. The minimum absolute atomic E-state index is 0.206. The molecule has 0 aliphatic heterocycles. The summed E-state index contributed by atoms with van der Waals surface area (Å²) in [4.78, 5) is 5.40. The van der Waals surface area contributed by atoms with Gasteiger partial charge in [0.1, 0.15) is 0 Å². The molecule has 2 aliphatic carbocycles. The Morgan fingerprint density at radius 2 is 1.40 bits per heavy atom. The standard InChI is InChI=1S/C43H30N2/c1-43(2)38-20-26(25-44)16-18-32(38)33-19-17-30(22-39(33)43)35-24-37-41(34-15-9-8-14-31(34)35)36-21-28-12-6-7-13-29(28)23-40(36)45-42(37)27-10-4-3-5-11-27/h4,6-24H,3,5H2,1-2H3. The summed E-state index contributed by atoms with van der Waals surface area (Å²) in [6, 6.07) is 39.8. The van der Waals surface area contributed by atoms with Crippen molar-refractivity contribution in [1.82, 2.24) is 4.98 Å². The van der Waals surface area contributed by atoms with E-state index in [-0.39, 0.29) is 5.41 Å². The Hall–Kier alpha value is -5.52. The van der Waals surface area contributed by atoms with Crippen LogP contribution in [0.1, 0.15) is 49.1 Å². The van der Waals surface area contributed by atoms with Gasteiger partial charge < -0.3 is 0 Å². The third kappa shape index (κ3) is 3.77. The number of pyridine rings is 1. The highest BCUT2D eigenvalue weighted by atomic mass is 14.7. The van der Waals surface area contributed by atoms with Crippen LogP contribution in [0.4, 0.5) is 0 Å². The van der Waals surface area contributed by atoms with Gasteiger partial charge in [0.15, 0.2) is 0 Å². The van der Waals surface area contributed by atoms with Crippen LogP contribution < -0.4 is 0 Å². The normalized spacial score (nSPS) is 14.9. The first-order valence-corrected chi connectivity index (χ1v) is 15.8. The molecule has 1 aromatic heterocycles. The summed E-state index contributed by atoms with van der Waals surface area (Å²) >= 11 is 0. The van der Waals surface area contributed by atoms with Crippen LogP contribution in [-0.2, 0) is 5.41 Å². The molecule has 0 fully saturated rings. The van der Waals surface area contributed by atoms with E-state index in [2.05, 4.69) is 135 Å². The van der Waals surface area contributed by atoms with Gasteiger partial charge in [0.05, 0.1) is 22.8 Å². The van der Waals surface area contributed by atoms with Gasteiger partial charge in [-0.25, -0.2) is 4.98 Å². The van der Waals surface area contributed by atoms with Crippen molar-refractivity contribution < 1.29 is 0 Å². The Bertz CT molecular complexity index is 2520. The zero-order valence-electron chi connectivity index (χ0n) is 25.4. The van der Waals surface area contributed by atoms with Crippen molar-refractivity contribution in [2.24, 2.45) is 0 Å². The van der Waals surface area contributed by atoms with E-state index in [0.717, 1.165) is 24.1 Å². The summed E-state index contributed by atoms with van der Waals surface area (Å²) in [6.45, 7) is 4.56. The molecule has 0 amide bonds. The van der Waals surface area contributed by atoms with Gasteiger partial charge in [0, 0.05) is 21.6 Å². The first kappa shape index (κ1) is 25.9. The molecule has 9 rings (SSSR count). The molecule has 0 saturated carbocycles. The van der Waals surface area contributed by atoms with Gasteiger partial charge in [0.2, 0.25) is 0 Å². The molecule has 0 bridgehead atoms. The molecule has 2 aliphatic rings. The van der Waals surface area contributed by atoms with Crippen molar-refractivity contribution in [3.8, 4) is 28.3 Å². The van der Waals surface area contributed by atoms with Gasteiger partial charge >= 0.3 is 0 Å². The SMILES string of the molecule is CC1(C)c2cc(C#N)ccc2-c2ccc(-c3cc4c(C5=CCCC=C5)nc5cc6ccccc6cc5c4c4ccccc34)cc21. The van der Waals surface area contributed by atoms with E-state index in [9.17, 15) is 5.26 Å². The van der Waals surface area contributed by atoms with Crippen LogP contribution >= 0.6 is 0 Å². The molecule has 0 unspecified atom stereocenters. The maximum absolute atomic E-state index is 9.61. The fraction of sp³-hybridized carbons (Fsp3) is 0.116. The van der Waals surface area contributed by atoms with Crippen LogP contribution in [0.15, 0.2) is 121 Å². The van der Waals surface area contributed by atoms with Crippen LogP contribution in [0.2, 0.25) is 0 Å². The Morgan fingerprint density at radius 1 is 0.667 bits per heavy atom. The second-order valence-corrected chi connectivity index (χ2v) is 13.0. The Labute approximate surface area is 262 Å². The van der Waals surface area contributed by atoms with Crippen LogP contribution in [0.25, 0.3) is 71.0 Å². The predicted octanol–water partition coefficient (Wildman–Crippen LogP) is 11.3. The summed E-state index contributed by atoms with van der Waals surface area (Å²) in [5.74, 6) is 0. The lowest BCUT2D eigenvalue weighted by Crippen LogP contribution is -2.15. The highest BCUT2D eigenvalue weighted by Gasteiger charge is 2.36. The average Bonchev–Trinajstić information content (AvgIpc) is 3.31. The maximum atomic E-state index is 9.61. The van der Waals surface area contributed by atoms with Gasteiger partial charge in [0.25, 0.3) is 0 Å². The fourth-order valence-electron chi connectivity index (χ4n) is 7.78. The molecule has 0 atom stereocenters. The van der Waals surface area contributed by atoms with Crippen LogP contribution in [-0.4, -0.2) is 4.98 Å². The molecule has 45 heavy (non-hydrogen) atoms. The molecule has 0 saturated heterocycles. The number of nitrogens with zero attached hydrogens (tertiary/aromatic N) is 2.